The van der Waals surface area contributed by atoms with Crippen LogP contribution in [0.5, 0.6) is 0 Å². The van der Waals surface area contributed by atoms with E-state index in [4.69, 9.17) is 10.9 Å². The summed E-state index contributed by atoms with van der Waals surface area (Å²) in [5.74, 6) is -0.949. The average Bonchev–Trinajstić information content (AvgIpc) is 3.17. The molecule has 0 fully saturated rings. The molecule has 0 radical (unpaired) electrons. The molecule has 5 N–H and O–H groups in total. The van der Waals surface area contributed by atoms with E-state index in [1.807, 2.05) is 0 Å². The second-order valence-electron chi connectivity index (χ2n) is 6.90. The van der Waals surface area contributed by atoms with Gasteiger partial charge in [-0.3, -0.25) is 4.79 Å². The summed E-state index contributed by atoms with van der Waals surface area (Å²) in [5, 5.41) is 8.36. The molecule has 1 heterocycles. The van der Waals surface area contributed by atoms with Crippen LogP contribution in [0.1, 0.15) is 9.67 Å². The first-order valence-corrected chi connectivity index (χ1v) is 12.5. The fraction of sp³-hybridized carbons (Fsp3) is 0. The number of benzene rings is 3. The highest BCUT2D eigenvalue weighted by Gasteiger charge is 2.22. The Bertz CT molecular complexity index is 1490. The summed E-state index contributed by atoms with van der Waals surface area (Å²) in [6.07, 6.45) is 0. The number of hydrogen-bond donors (Lipinski definition) is 3. The van der Waals surface area contributed by atoms with Crippen LogP contribution in [0.15, 0.2) is 76.1 Å². The first kappa shape index (κ1) is 23.1. The lowest BCUT2D eigenvalue weighted by Gasteiger charge is -2.14. The molecule has 11 heteroatoms. The number of primary sulfonamides is 1. The fourth-order valence-corrected chi connectivity index (χ4v) is 5.15. The maximum atomic E-state index is 13.7. The molecule has 168 valence electrons. The number of nitrogen functional groups attached to an aromatic ring is 1. The van der Waals surface area contributed by atoms with E-state index >= 15 is 0 Å². The van der Waals surface area contributed by atoms with Crippen LogP contribution < -0.4 is 16.2 Å². The third-order valence-corrected chi connectivity index (χ3v) is 7.16. The van der Waals surface area contributed by atoms with Gasteiger partial charge in [-0.25, -0.2) is 22.9 Å². The van der Waals surface area contributed by atoms with Crippen molar-refractivity contribution in [2.45, 2.75) is 4.90 Å². The molecule has 1 amide bonds. The van der Waals surface area contributed by atoms with Gasteiger partial charge in [-0.1, -0.05) is 47.7 Å². The number of para-hydroxylation sites is 1. The van der Waals surface area contributed by atoms with Crippen LogP contribution in [0.2, 0.25) is 0 Å². The molecular formula is C22H16BrFN4O3S2. The second-order valence-corrected chi connectivity index (χ2v) is 10.3. The van der Waals surface area contributed by atoms with Gasteiger partial charge in [-0.05, 0) is 46.3 Å². The molecule has 1 aromatic heterocycles. The van der Waals surface area contributed by atoms with E-state index in [2.05, 4.69) is 26.2 Å². The number of anilines is 2. The Morgan fingerprint density at radius 3 is 2.39 bits per heavy atom. The van der Waals surface area contributed by atoms with E-state index in [0.717, 1.165) is 11.3 Å². The number of carbonyl (C=O) groups is 1. The summed E-state index contributed by atoms with van der Waals surface area (Å²) in [7, 11) is -4.00. The average molecular weight is 547 g/mol. The number of sulfonamides is 1. The molecule has 0 saturated heterocycles. The van der Waals surface area contributed by atoms with Gasteiger partial charge >= 0.3 is 0 Å². The van der Waals surface area contributed by atoms with Gasteiger partial charge < -0.3 is 11.1 Å². The van der Waals surface area contributed by atoms with E-state index in [1.165, 1.54) is 24.3 Å². The molecule has 0 bridgehead atoms. The van der Waals surface area contributed by atoms with Crippen LogP contribution in [0.3, 0.4) is 0 Å². The molecule has 4 rings (SSSR count). The van der Waals surface area contributed by atoms with Crippen molar-refractivity contribution in [3.8, 4) is 22.4 Å². The SMILES string of the molecule is Nc1nc(-c2ccc(F)c(Br)c2)c(C(=O)Nc2ccccc2-c2ccccc2S(N)(=O)=O)s1. The third-order valence-electron chi connectivity index (χ3n) is 4.70. The minimum absolute atomic E-state index is 0.0643. The highest BCUT2D eigenvalue weighted by Crippen LogP contribution is 2.35. The first-order chi connectivity index (χ1) is 15.6. The molecular weight excluding hydrogens is 531 g/mol. The summed E-state index contributed by atoms with van der Waals surface area (Å²) in [6.45, 7) is 0. The molecule has 7 nitrogen and oxygen atoms in total. The van der Waals surface area contributed by atoms with Crippen molar-refractivity contribution in [3.63, 3.8) is 0 Å². The number of rotatable bonds is 5. The van der Waals surface area contributed by atoms with Crippen LogP contribution in [0, 0.1) is 5.82 Å². The molecule has 0 spiro atoms. The summed E-state index contributed by atoms with van der Waals surface area (Å²) < 4.78 is 38.0. The van der Waals surface area contributed by atoms with Crippen molar-refractivity contribution < 1.29 is 17.6 Å². The Kier molecular flexibility index (Phi) is 6.30. The summed E-state index contributed by atoms with van der Waals surface area (Å²) in [6, 6.07) is 17.3. The zero-order chi connectivity index (χ0) is 23.8. The molecule has 3 aromatic carbocycles. The maximum absolute atomic E-state index is 13.7. The van der Waals surface area contributed by atoms with Crippen LogP contribution >= 0.6 is 27.3 Å². The summed E-state index contributed by atoms with van der Waals surface area (Å²) in [5.41, 5.74) is 7.87. The molecule has 0 saturated carbocycles. The number of thiazole rings is 1. The van der Waals surface area contributed by atoms with Crippen molar-refractivity contribution >= 4 is 54.0 Å². The molecule has 4 aromatic rings. The number of aromatic nitrogens is 1. The van der Waals surface area contributed by atoms with E-state index in [-0.39, 0.29) is 19.4 Å². The van der Waals surface area contributed by atoms with Crippen LogP contribution in [-0.2, 0) is 10.0 Å². The Balaban J connectivity index is 1.75. The topological polar surface area (TPSA) is 128 Å². The number of nitrogens with zero attached hydrogens (tertiary/aromatic N) is 1. The van der Waals surface area contributed by atoms with Crippen LogP contribution in [0.4, 0.5) is 15.2 Å². The van der Waals surface area contributed by atoms with Crippen molar-refractivity contribution in [3.05, 3.63) is 81.9 Å². The van der Waals surface area contributed by atoms with E-state index in [1.54, 1.807) is 42.5 Å². The van der Waals surface area contributed by atoms with Crippen molar-refractivity contribution in [2.24, 2.45) is 5.14 Å². The molecule has 0 unspecified atom stereocenters. The zero-order valence-corrected chi connectivity index (χ0v) is 20.0. The molecule has 0 aliphatic carbocycles. The first-order valence-electron chi connectivity index (χ1n) is 9.39. The summed E-state index contributed by atoms with van der Waals surface area (Å²) >= 11 is 4.12. The Morgan fingerprint density at radius 2 is 1.70 bits per heavy atom. The number of halogens is 2. The van der Waals surface area contributed by atoms with Gasteiger partial charge in [-0.2, -0.15) is 0 Å². The second kappa shape index (κ2) is 9.02. The lowest BCUT2D eigenvalue weighted by Crippen LogP contribution is -2.15. The van der Waals surface area contributed by atoms with Gasteiger partial charge in [0.05, 0.1) is 15.1 Å². The monoisotopic (exact) mass is 546 g/mol. The lowest BCUT2D eigenvalue weighted by atomic mass is 10.0. The van der Waals surface area contributed by atoms with Gasteiger partial charge in [-0.15, -0.1) is 0 Å². The third kappa shape index (κ3) is 4.81. The Hall–Kier alpha value is -3.12. The maximum Gasteiger partial charge on any atom is 0.268 e. The predicted octanol–water partition coefficient (Wildman–Crippen LogP) is 4.86. The van der Waals surface area contributed by atoms with Gasteiger partial charge in [0, 0.05) is 22.4 Å². The van der Waals surface area contributed by atoms with Crippen molar-refractivity contribution in [1.29, 1.82) is 0 Å². The van der Waals surface area contributed by atoms with E-state index in [9.17, 15) is 17.6 Å². The number of nitrogens with two attached hydrogens (primary N) is 2. The molecule has 0 atom stereocenters. The van der Waals surface area contributed by atoms with E-state index < -0.39 is 21.7 Å². The number of carbonyl (C=O) groups excluding carboxylic acids is 1. The van der Waals surface area contributed by atoms with Crippen LogP contribution in [-0.4, -0.2) is 19.3 Å². The summed E-state index contributed by atoms with van der Waals surface area (Å²) in [4.78, 5) is 17.6. The zero-order valence-electron chi connectivity index (χ0n) is 16.7. The smallest absolute Gasteiger partial charge is 0.268 e. The Labute approximate surface area is 201 Å². The Morgan fingerprint density at radius 1 is 1.03 bits per heavy atom. The van der Waals surface area contributed by atoms with Gasteiger partial charge in [0.1, 0.15) is 10.7 Å². The largest absolute Gasteiger partial charge is 0.375 e. The predicted molar refractivity (Wildman–Crippen MR) is 131 cm³/mol. The number of nitrogens with one attached hydrogen (secondary N) is 1. The highest BCUT2D eigenvalue weighted by molar-refractivity contribution is 9.10. The van der Waals surface area contributed by atoms with Gasteiger partial charge in [0.15, 0.2) is 5.13 Å². The van der Waals surface area contributed by atoms with Gasteiger partial charge in [0.2, 0.25) is 10.0 Å². The minimum atomic E-state index is -4.00. The number of hydrogen-bond acceptors (Lipinski definition) is 6. The van der Waals surface area contributed by atoms with Crippen molar-refractivity contribution in [2.75, 3.05) is 11.1 Å². The van der Waals surface area contributed by atoms with E-state index in [0.29, 0.717) is 28.1 Å². The normalized spacial score (nSPS) is 11.4. The fourth-order valence-electron chi connectivity index (χ4n) is 3.27. The highest BCUT2D eigenvalue weighted by atomic mass is 79.9. The van der Waals surface area contributed by atoms with Crippen LogP contribution in [0.25, 0.3) is 22.4 Å². The quantitative estimate of drug-likeness (QED) is 0.329. The molecule has 33 heavy (non-hydrogen) atoms. The minimum Gasteiger partial charge on any atom is -0.375 e. The van der Waals surface area contributed by atoms with Gasteiger partial charge in [0.25, 0.3) is 5.91 Å². The molecule has 0 aliphatic rings. The van der Waals surface area contributed by atoms with Crippen molar-refractivity contribution in [1.82, 2.24) is 4.98 Å². The molecule has 0 aliphatic heterocycles. The number of amides is 1. The standard InChI is InChI=1S/C22H16BrFN4O3S2/c23-15-11-12(9-10-16(15)24)19-20(32-22(25)28-19)21(29)27-17-7-3-1-5-13(17)14-6-2-4-8-18(14)33(26,30)31/h1-11H,(H2,25,28)(H,27,29)(H2,26,30,31). The lowest BCUT2D eigenvalue weighted by molar-refractivity contribution is 0.103.